The van der Waals surface area contributed by atoms with Gasteiger partial charge in [0.2, 0.25) is 5.91 Å². The molecule has 3 aromatic carbocycles. The molecular formula is C23H21FN2O2. The summed E-state index contributed by atoms with van der Waals surface area (Å²) in [6, 6.07) is 17.1. The van der Waals surface area contributed by atoms with E-state index in [0.29, 0.717) is 16.7 Å². The SMILES string of the molecule is Cc1ccc(-c2ccc(C(=O)NCc3cccc(C(N)=O)c3)c(F)c2)cc1C. The highest BCUT2D eigenvalue weighted by molar-refractivity contribution is 5.95. The van der Waals surface area contributed by atoms with Crippen molar-refractivity contribution in [3.63, 3.8) is 0 Å². The Hall–Kier alpha value is -3.47. The highest BCUT2D eigenvalue weighted by Gasteiger charge is 2.13. The van der Waals surface area contributed by atoms with Crippen LogP contribution in [0.2, 0.25) is 0 Å². The van der Waals surface area contributed by atoms with Crippen molar-refractivity contribution >= 4 is 11.8 Å². The number of carbonyl (C=O) groups is 2. The van der Waals surface area contributed by atoms with Gasteiger partial charge in [-0.1, -0.05) is 36.4 Å². The van der Waals surface area contributed by atoms with Gasteiger partial charge in [0.1, 0.15) is 5.82 Å². The molecule has 0 atom stereocenters. The molecule has 0 bridgehead atoms. The fourth-order valence-electron chi connectivity index (χ4n) is 2.91. The zero-order chi connectivity index (χ0) is 20.3. The Kier molecular flexibility index (Phi) is 5.54. The third-order valence-electron chi connectivity index (χ3n) is 4.72. The summed E-state index contributed by atoms with van der Waals surface area (Å²) in [7, 11) is 0. The zero-order valence-corrected chi connectivity index (χ0v) is 15.8. The second-order valence-electron chi connectivity index (χ2n) is 6.74. The van der Waals surface area contributed by atoms with Crippen LogP contribution in [-0.4, -0.2) is 11.8 Å². The van der Waals surface area contributed by atoms with Crippen LogP contribution in [0.25, 0.3) is 11.1 Å². The Balaban J connectivity index is 1.74. The molecule has 142 valence electrons. The van der Waals surface area contributed by atoms with E-state index < -0.39 is 17.6 Å². The van der Waals surface area contributed by atoms with Gasteiger partial charge in [-0.05, 0) is 65.9 Å². The van der Waals surface area contributed by atoms with Gasteiger partial charge in [-0.15, -0.1) is 0 Å². The summed E-state index contributed by atoms with van der Waals surface area (Å²) in [5.74, 6) is -1.64. The molecule has 3 aromatic rings. The number of rotatable bonds is 5. The van der Waals surface area contributed by atoms with E-state index in [1.54, 1.807) is 30.3 Å². The van der Waals surface area contributed by atoms with Gasteiger partial charge in [-0.2, -0.15) is 0 Å². The molecule has 0 aliphatic rings. The van der Waals surface area contributed by atoms with Crippen molar-refractivity contribution in [1.29, 1.82) is 0 Å². The lowest BCUT2D eigenvalue weighted by Crippen LogP contribution is -2.24. The van der Waals surface area contributed by atoms with Crippen LogP contribution in [0.4, 0.5) is 4.39 Å². The molecule has 0 aromatic heterocycles. The molecule has 0 spiro atoms. The van der Waals surface area contributed by atoms with Crippen LogP contribution in [0.5, 0.6) is 0 Å². The van der Waals surface area contributed by atoms with Crippen LogP contribution in [0.15, 0.2) is 60.7 Å². The van der Waals surface area contributed by atoms with Gasteiger partial charge in [0, 0.05) is 12.1 Å². The fourth-order valence-corrected chi connectivity index (χ4v) is 2.91. The summed E-state index contributed by atoms with van der Waals surface area (Å²) in [4.78, 5) is 23.6. The van der Waals surface area contributed by atoms with Crippen molar-refractivity contribution in [1.82, 2.24) is 5.32 Å². The number of hydrogen-bond donors (Lipinski definition) is 2. The molecule has 4 nitrogen and oxygen atoms in total. The van der Waals surface area contributed by atoms with Gasteiger partial charge in [-0.25, -0.2) is 4.39 Å². The summed E-state index contributed by atoms with van der Waals surface area (Å²) >= 11 is 0. The van der Waals surface area contributed by atoms with E-state index in [0.717, 1.165) is 11.1 Å². The Morgan fingerprint density at radius 3 is 2.32 bits per heavy atom. The maximum absolute atomic E-state index is 14.5. The first-order chi connectivity index (χ1) is 13.3. The monoisotopic (exact) mass is 376 g/mol. The van der Waals surface area contributed by atoms with Crippen LogP contribution in [-0.2, 0) is 6.54 Å². The van der Waals surface area contributed by atoms with Crippen molar-refractivity contribution in [2.75, 3.05) is 0 Å². The Morgan fingerprint density at radius 1 is 0.929 bits per heavy atom. The zero-order valence-electron chi connectivity index (χ0n) is 15.8. The molecule has 0 radical (unpaired) electrons. The maximum atomic E-state index is 14.5. The molecule has 0 aliphatic carbocycles. The number of halogens is 1. The molecule has 2 amide bonds. The molecule has 0 saturated carbocycles. The lowest BCUT2D eigenvalue weighted by molar-refractivity contribution is 0.0946. The number of amides is 2. The molecule has 28 heavy (non-hydrogen) atoms. The minimum absolute atomic E-state index is 0.0290. The third kappa shape index (κ3) is 4.26. The summed E-state index contributed by atoms with van der Waals surface area (Å²) < 4.78 is 14.5. The summed E-state index contributed by atoms with van der Waals surface area (Å²) in [5, 5.41) is 2.67. The van der Waals surface area contributed by atoms with E-state index in [9.17, 15) is 14.0 Å². The molecule has 0 fully saturated rings. The number of nitrogens with one attached hydrogen (secondary N) is 1. The summed E-state index contributed by atoms with van der Waals surface area (Å²) in [6.07, 6.45) is 0. The van der Waals surface area contributed by atoms with E-state index in [1.165, 1.54) is 17.7 Å². The number of nitrogens with two attached hydrogens (primary N) is 1. The number of hydrogen-bond acceptors (Lipinski definition) is 2. The summed E-state index contributed by atoms with van der Waals surface area (Å²) in [5.41, 5.74) is 10.2. The highest BCUT2D eigenvalue weighted by Crippen LogP contribution is 2.24. The van der Waals surface area contributed by atoms with Crippen LogP contribution < -0.4 is 11.1 Å². The minimum Gasteiger partial charge on any atom is -0.366 e. The predicted molar refractivity (Wildman–Crippen MR) is 107 cm³/mol. The smallest absolute Gasteiger partial charge is 0.254 e. The second-order valence-corrected chi connectivity index (χ2v) is 6.74. The van der Waals surface area contributed by atoms with Crippen molar-refractivity contribution in [2.24, 2.45) is 5.73 Å². The van der Waals surface area contributed by atoms with E-state index in [-0.39, 0.29) is 12.1 Å². The van der Waals surface area contributed by atoms with E-state index in [2.05, 4.69) is 5.32 Å². The largest absolute Gasteiger partial charge is 0.366 e. The standard InChI is InChI=1S/C23H21FN2O2/c1-14-6-7-17(10-15(14)2)18-8-9-20(21(24)12-18)23(28)26-13-16-4-3-5-19(11-16)22(25)27/h3-12H,13H2,1-2H3,(H2,25,27)(H,26,28). The van der Waals surface area contributed by atoms with Gasteiger partial charge in [0.25, 0.3) is 5.91 Å². The Bertz CT molecular complexity index is 1060. The number of aryl methyl sites for hydroxylation is 2. The van der Waals surface area contributed by atoms with Crippen LogP contribution in [0.3, 0.4) is 0 Å². The number of primary amides is 1. The predicted octanol–water partition coefficient (Wildman–Crippen LogP) is 4.14. The average molecular weight is 376 g/mol. The maximum Gasteiger partial charge on any atom is 0.254 e. The molecule has 0 unspecified atom stereocenters. The molecule has 0 saturated heterocycles. The van der Waals surface area contributed by atoms with E-state index in [1.807, 2.05) is 32.0 Å². The van der Waals surface area contributed by atoms with E-state index >= 15 is 0 Å². The first kappa shape index (κ1) is 19.3. The molecule has 3 N–H and O–H groups in total. The molecule has 0 aliphatic heterocycles. The van der Waals surface area contributed by atoms with Crippen molar-refractivity contribution < 1.29 is 14.0 Å². The normalized spacial score (nSPS) is 10.5. The molecule has 5 heteroatoms. The van der Waals surface area contributed by atoms with Crippen molar-refractivity contribution in [2.45, 2.75) is 20.4 Å². The van der Waals surface area contributed by atoms with Gasteiger partial charge in [0.15, 0.2) is 0 Å². The lowest BCUT2D eigenvalue weighted by atomic mass is 9.99. The van der Waals surface area contributed by atoms with Crippen molar-refractivity contribution in [3.8, 4) is 11.1 Å². The first-order valence-electron chi connectivity index (χ1n) is 8.89. The molecular weight excluding hydrogens is 355 g/mol. The van der Waals surface area contributed by atoms with E-state index in [4.69, 9.17) is 5.73 Å². The van der Waals surface area contributed by atoms with Crippen LogP contribution in [0, 0.1) is 19.7 Å². The Morgan fingerprint density at radius 2 is 1.64 bits per heavy atom. The van der Waals surface area contributed by atoms with Crippen molar-refractivity contribution in [3.05, 3.63) is 94.3 Å². The van der Waals surface area contributed by atoms with Gasteiger partial charge in [-0.3, -0.25) is 9.59 Å². The number of benzene rings is 3. The Labute approximate surface area is 163 Å². The average Bonchev–Trinajstić information content (AvgIpc) is 2.68. The fraction of sp³-hybridized carbons (Fsp3) is 0.130. The van der Waals surface area contributed by atoms with Crippen LogP contribution >= 0.6 is 0 Å². The molecule has 0 heterocycles. The van der Waals surface area contributed by atoms with Crippen LogP contribution in [0.1, 0.15) is 37.4 Å². The first-order valence-corrected chi connectivity index (χ1v) is 8.89. The summed E-state index contributed by atoms with van der Waals surface area (Å²) in [6.45, 7) is 4.19. The van der Waals surface area contributed by atoms with Gasteiger partial charge in [0.05, 0.1) is 5.56 Å². The quantitative estimate of drug-likeness (QED) is 0.702. The molecule has 3 rings (SSSR count). The number of carbonyl (C=O) groups excluding carboxylic acids is 2. The highest BCUT2D eigenvalue weighted by atomic mass is 19.1. The van der Waals surface area contributed by atoms with Gasteiger partial charge < -0.3 is 11.1 Å². The lowest BCUT2D eigenvalue weighted by Gasteiger charge is -2.10. The second kappa shape index (κ2) is 8.05. The minimum atomic E-state index is -0.584. The van der Waals surface area contributed by atoms with Gasteiger partial charge >= 0.3 is 0 Å². The third-order valence-corrected chi connectivity index (χ3v) is 4.72. The topological polar surface area (TPSA) is 72.2 Å².